The molecule has 0 aromatic heterocycles. The number of nitrogens with zero attached hydrogens (tertiary/aromatic N) is 2. The highest BCUT2D eigenvalue weighted by molar-refractivity contribution is 9.10. The second-order valence-corrected chi connectivity index (χ2v) is 12.2. The van der Waals surface area contributed by atoms with Crippen molar-refractivity contribution < 1.29 is 18.1 Å². The molecule has 1 aliphatic rings. The first-order chi connectivity index (χ1) is 18.7. The van der Waals surface area contributed by atoms with E-state index in [1.54, 1.807) is 91.0 Å². The molecule has 0 fully saturated rings. The summed E-state index contributed by atoms with van der Waals surface area (Å²) in [7, 11) is -4.25. The number of benzene rings is 4. The molecule has 0 N–H and O–H groups in total. The molecule has 0 amide bonds. The zero-order valence-corrected chi connectivity index (χ0v) is 23.4. The maximum atomic E-state index is 14.3. The van der Waals surface area contributed by atoms with Gasteiger partial charge in [-0.2, -0.15) is 0 Å². The molecule has 4 aromatic rings. The molecular formula is C30H25BrN2O5S. The molecule has 0 aliphatic carbocycles. The minimum Gasteiger partial charge on any atom is -0.294 e. The summed E-state index contributed by atoms with van der Waals surface area (Å²) in [5.41, 5.74) is 2.55. The van der Waals surface area contributed by atoms with Crippen LogP contribution < -0.4 is 4.31 Å². The Morgan fingerprint density at radius 2 is 1.46 bits per heavy atom. The van der Waals surface area contributed by atoms with E-state index in [9.17, 15) is 23.3 Å². The second kappa shape index (κ2) is 10.7. The first kappa shape index (κ1) is 26.8. The Morgan fingerprint density at radius 1 is 0.872 bits per heavy atom. The first-order valence-electron chi connectivity index (χ1n) is 12.4. The molecule has 0 bridgehead atoms. The lowest BCUT2D eigenvalue weighted by Crippen LogP contribution is -2.50. The topological polar surface area (TPSA) is 97.6 Å². The molecule has 198 valence electrons. The van der Waals surface area contributed by atoms with Gasteiger partial charge in [-0.1, -0.05) is 100 Å². The van der Waals surface area contributed by atoms with Crippen molar-refractivity contribution in [2.75, 3.05) is 4.31 Å². The standard InChI is InChI=1S/C30H25BrN2O5S/c1-20-15-17-22(18-16-20)39(37,38)32-27-14-8-6-11-23(27)25(19-28(34)21-9-3-2-4-10-21)30(33(35)36)29(32)24-12-5-7-13-26(24)31/h2-18,25,29-30H,19H2,1H3/t25-,29-,30+/m0/s1. The number of hydrogen-bond donors (Lipinski definition) is 0. The normalized spacial score (nSPS) is 18.8. The van der Waals surface area contributed by atoms with Gasteiger partial charge in [-0.15, -0.1) is 0 Å². The molecule has 0 saturated carbocycles. The Labute approximate surface area is 235 Å². The van der Waals surface area contributed by atoms with E-state index >= 15 is 0 Å². The van der Waals surface area contributed by atoms with Gasteiger partial charge in [0.05, 0.1) is 16.5 Å². The third-order valence-electron chi connectivity index (χ3n) is 7.11. The molecule has 9 heteroatoms. The molecule has 0 radical (unpaired) electrons. The van der Waals surface area contributed by atoms with Crippen LogP contribution in [0.3, 0.4) is 0 Å². The molecular weight excluding hydrogens is 580 g/mol. The van der Waals surface area contributed by atoms with E-state index in [2.05, 4.69) is 15.9 Å². The summed E-state index contributed by atoms with van der Waals surface area (Å²) < 4.78 is 30.3. The van der Waals surface area contributed by atoms with Crippen LogP contribution in [-0.2, 0) is 10.0 Å². The number of ketones is 1. The van der Waals surface area contributed by atoms with Crippen molar-refractivity contribution in [1.82, 2.24) is 0 Å². The second-order valence-electron chi connectivity index (χ2n) is 9.51. The Morgan fingerprint density at radius 3 is 2.10 bits per heavy atom. The van der Waals surface area contributed by atoms with E-state index in [1.807, 2.05) is 6.92 Å². The summed E-state index contributed by atoms with van der Waals surface area (Å²) in [4.78, 5) is 25.9. The molecule has 0 spiro atoms. The summed E-state index contributed by atoms with van der Waals surface area (Å²) in [6.45, 7) is 1.85. The zero-order chi connectivity index (χ0) is 27.7. The number of carbonyl (C=O) groups excluding carboxylic acids is 1. The number of fused-ring (bicyclic) bond motifs is 1. The lowest BCUT2D eigenvalue weighted by molar-refractivity contribution is -0.531. The maximum Gasteiger partial charge on any atom is 0.265 e. The van der Waals surface area contributed by atoms with Crippen molar-refractivity contribution in [2.24, 2.45) is 0 Å². The molecule has 1 heterocycles. The van der Waals surface area contributed by atoms with Crippen molar-refractivity contribution in [2.45, 2.75) is 36.2 Å². The van der Waals surface area contributed by atoms with Crippen LogP contribution in [0.2, 0.25) is 0 Å². The number of anilines is 1. The van der Waals surface area contributed by atoms with Crippen LogP contribution in [-0.4, -0.2) is 25.2 Å². The monoisotopic (exact) mass is 604 g/mol. The Bertz CT molecular complexity index is 1640. The number of aryl methyl sites for hydroxylation is 1. The highest BCUT2D eigenvalue weighted by Crippen LogP contribution is 2.51. The van der Waals surface area contributed by atoms with Gasteiger partial charge in [0.25, 0.3) is 10.0 Å². The van der Waals surface area contributed by atoms with Crippen LogP contribution in [0.25, 0.3) is 0 Å². The summed E-state index contributed by atoms with van der Waals surface area (Å²) in [5, 5.41) is 12.9. The Kier molecular flexibility index (Phi) is 7.38. The van der Waals surface area contributed by atoms with E-state index in [0.717, 1.165) is 5.56 Å². The van der Waals surface area contributed by atoms with E-state index in [1.165, 1.54) is 16.4 Å². The van der Waals surface area contributed by atoms with Gasteiger partial charge < -0.3 is 0 Å². The van der Waals surface area contributed by atoms with E-state index in [0.29, 0.717) is 26.9 Å². The van der Waals surface area contributed by atoms with Gasteiger partial charge in [0.15, 0.2) is 5.78 Å². The highest BCUT2D eigenvalue weighted by Gasteiger charge is 2.54. The maximum absolute atomic E-state index is 14.3. The van der Waals surface area contributed by atoms with Gasteiger partial charge in [-0.25, -0.2) is 8.42 Å². The summed E-state index contributed by atoms with van der Waals surface area (Å²) in [6.07, 6.45) is -0.147. The van der Waals surface area contributed by atoms with Gasteiger partial charge in [0.2, 0.25) is 6.04 Å². The summed E-state index contributed by atoms with van der Waals surface area (Å²) in [5.74, 6) is -1.12. The number of sulfonamides is 1. The SMILES string of the molecule is Cc1ccc(S(=O)(=O)N2c3ccccc3[C@H](CC(=O)c3ccccc3)[C@@H]([N+](=O)[O-])[C@@H]2c2ccccc2Br)cc1. The number of Topliss-reactive ketones (excluding diaryl/α,β-unsaturated/α-hetero) is 1. The van der Waals surface area contributed by atoms with E-state index in [-0.39, 0.29) is 17.1 Å². The molecule has 3 atom stereocenters. The molecule has 0 unspecified atom stereocenters. The van der Waals surface area contributed by atoms with E-state index in [4.69, 9.17) is 0 Å². The third kappa shape index (κ3) is 4.99. The minimum atomic E-state index is -4.25. The van der Waals surface area contributed by atoms with Crippen molar-refractivity contribution in [1.29, 1.82) is 0 Å². The van der Waals surface area contributed by atoms with Crippen LogP contribution in [0.5, 0.6) is 0 Å². The molecule has 1 aliphatic heterocycles. The predicted molar refractivity (Wildman–Crippen MR) is 153 cm³/mol. The van der Waals surface area contributed by atoms with Crippen molar-refractivity contribution in [3.05, 3.63) is 140 Å². The van der Waals surface area contributed by atoms with Crippen LogP contribution >= 0.6 is 15.9 Å². The highest BCUT2D eigenvalue weighted by atomic mass is 79.9. The number of halogens is 1. The Balaban J connectivity index is 1.76. The predicted octanol–water partition coefficient (Wildman–Crippen LogP) is 6.71. The van der Waals surface area contributed by atoms with Crippen LogP contribution in [0.1, 0.15) is 45.4 Å². The lowest BCUT2D eigenvalue weighted by Gasteiger charge is -2.43. The fourth-order valence-corrected chi connectivity index (χ4v) is 7.45. The molecule has 39 heavy (non-hydrogen) atoms. The van der Waals surface area contributed by atoms with Crippen molar-refractivity contribution in [3.63, 3.8) is 0 Å². The minimum absolute atomic E-state index is 0.0286. The van der Waals surface area contributed by atoms with E-state index < -0.39 is 32.9 Å². The third-order valence-corrected chi connectivity index (χ3v) is 9.64. The molecule has 0 saturated heterocycles. The largest absolute Gasteiger partial charge is 0.294 e. The average Bonchev–Trinajstić information content (AvgIpc) is 2.93. The molecule has 4 aromatic carbocycles. The average molecular weight is 606 g/mol. The lowest BCUT2D eigenvalue weighted by atomic mass is 9.77. The first-order valence-corrected chi connectivity index (χ1v) is 14.6. The zero-order valence-electron chi connectivity index (χ0n) is 21.0. The fraction of sp³-hybridized carbons (Fsp3) is 0.167. The van der Waals surface area contributed by atoms with Gasteiger partial charge in [-0.3, -0.25) is 19.2 Å². The van der Waals surface area contributed by atoms with Gasteiger partial charge in [-0.05, 0) is 42.3 Å². The number of nitro groups is 1. The fourth-order valence-electron chi connectivity index (χ4n) is 5.26. The summed E-state index contributed by atoms with van der Waals surface area (Å²) >= 11 is 3.50. The molecule has 5 rings (SSSR count). The van der Waals surface area contributed by atoms with Crippen molar-refractivity contribution >= 4 is 37.4 Å². The van der Waals surface area contributed by atoms with Gasteiger partial charge in [0.1, 0.15) is 6.04 Å². The quantitative estimate of drug-likeness (QED) is 0.133. The number of carbonyl (C=O) groups is 1. The Hall–Kier alpha value is -3.82. The van der Waals surface area contributed by atoms with Gasteiger partial charge >= 0.3 is 0 Å². The van der Waals surface area contributed by atoms with Gasteiger partial charge in [0, 0.05) is 21.4 Å². The number of rotatable bonds is 7. The molecule has 7 nitrogen and oxygen atoms in total. The van der Waals surface area contributed by atoms with Crippen molar-refractivity contribution in [3.8, 4) is 0 Å². The smallest absolute Gasteiger partial charge is 0.265 e. The number of hydrogen-bond acceptors (Lipinski definition) is 5. The number of para-hydroxylation sites is 1. The van der Waals surface area contributed by atoms with Crippen LogP contribution in [0.15, 0.2) is 112 Å². The summed E-state index contributed by atoms with van der Waals surface area (Å²) in [6, 6.07) is 26.1. The van der Waals surface area contributed by atoms with Crippen LogP contribution in [0.4, 0.5) is 5.69 Å². The van der Waals surface area contributed by atoms with Crippen LogP contribution in [0, 0.1) is 17.0 Å².